The van der Waals surface area contributed by atoms with Crippen LogP contribution in [0.1, 0.15) is 11.5 Å². The number of likely N-dealkylation sites (tertiary alicyclic amines) is 1. The predicted octanol–water partition coefficient (Wildman–Crippen LogP) is 1.66. The largest absolute Gasteiger partial charge is 0.481 e. The van der Waals surface area contributed by atoms with Gasteiger partial charge in [-0.05, 0) is 17.7 Å². The van der Waals surface area contributed by atoms with Crippen molar-refractivity contribution < 1.29 is 14.7 Å². The van der Waals surface area contributed by atoms with Crippen LogP contribution in [0.2, 0.25) is 0 Å². The third-order valence-corrected chi connectivity index (χ3v) is 5.19. The molecule has 0 unspecified atom stereocenters. The Morgan fingerprint density at radius 3 is 2.48 bits per heavy atom. The fraction of sp³-hybridized carbons (Fsp3) is 0.250. The van der Waals surface area contributed by atoms with Crippen molar-refractivity contribution in [2.75, 3.05) is 13.1 Å². The van der Waals surface area contributed by atoms with Crippen LogP contribution >= 0.6 is 0 Å². The Kier molecular flexibility index (Phi) is 4.27. The molecule has 0 radical (unpaired) electrons. The predicted molar refractivity (Wildman–Crippen MR) is 99.4 cm³/mol. The van der Waals surface area contributed by atoms with Crippen molar-refractivity contribution in [3.05, 3.63) is 70.6 Å². The van der Waals surface area contributed by atoms with Crippen molar-refractivity contribution >= 4 is 22.9 Å². The van der Waals surface area contributed by atoms with E-state index < -0.39 is 11.9 Å². The number of benzene rings is 2. The minimum Gasteiger partial charge on any atom is -0.481 e. The Hall–Kier alpha value is -3.35. The first-order chi connectivity index (χ1) is 13.0. The number of para-hydroxylation sites is 2. The number of imidazole rings is 1. The Labute approximate surface area is 154 Å². The molecule has 27 heavy (non-hydrogen) atoms. The summed E-state index contributed by atoms with van der Waals surface area (Å²) in [6, 6.07) is 16.6. The molecule has 4 rings (SSSR count). The molecule has 2 N–H and O–H groups in total. The molecule has 0 aliphatic carbocycles. The molecule has 7 heteroatoms. The standard InChI is InChI=1S/C20H19N3O4/c24-18(12-23-17-9-5-4-8-16(17)21-20(23)27)22-10-14(15(11-22)19(25)26)13-6-2-1-3-7-13/h1-9,14-15H,10-12H2,(H,21,27)(H,25,26)/t14-,15-/m1/s1. The van der Waals surface area contributed by atoms with Crippen LogP contribution in [0.5, 0.6) is 0 Å². The molecule has 2 heterocycles. The van der Waals surface area contributed by atoms with Gasteiger partial charge in [0.05, 0.1) is 17.0 Å². The molecule has 0 bridgehead atoms. The highest BCUT2D eigenvalue weighted by molar-refractivity contribution is 5.82. The molecule has 7 nitrogen and oxygen atoms in total. The molecule has 1 aliphatic heterocycles. The Morgan fingerprint density at radius 2 is 1.74 bits per heavy atom. The molecule has 0 saturated carbocycles. The van der Waals surface area contributed by atoms with Gasteiger partial charge >= 0.3 is 11.7 Å². The van der Waals surface area contributed by atoms with E-state index in [0.717, 1.165) is 5.56 Å². The van der Waals surface area contributed by atoms with Crippen LogP contribution in [-0.4, -0.2) is 44.5 Å². The number of carbonyl (C=O) groups excluding carboxylic acids is 1. The lowest BCUT2D eigenvalue weighted by molar-refractivity contribution is -0.141. The Balaban J connectivity index is 1.58. The van der Waals surface area contributed by atoms with Gasteiger partial charge in [0, 0.05) is 19.0 Å². The number of carboxylic acid groups (broad SMARTS) is 1. The summed E-state index contributed by atoms with van der Waals surface area (Å²) >= 11 is 0. The van der Waals surface area contributed by atoms with Crippen molar-refractivity contribution in [1.29, 1.82) is 0 Å². The van der Waals surface area contributed by atoms with Gasteiger partial charge in [0.1, 0.15) is 6.54 Å². The minimum atomic E-state index is -0.914. The van der Waals surface area contributed by atoms with Crippen molar-refractivity contribution in [3.63, 3.8) is 0 Å². The van der Waals surface area contributed by atoms with Crippen LogP contribution in [0.3, 0.4) is 0 Å². The molecule has 1 aliphatic rings. The summed E-state index contributed by atoms with van der Waals surface area (Å²) in [5.41, 5.74) is 1.88. The highest BCUT2D eigenvalue weighted by Gasteiger charge is 2.40. The molecule has 1 saturated heterocycles. The van der Waals surface area contributed by atoms with Gasteiger partial charge in [0.25, 0.3) is 0 Å². The minimum absolute atomic E-state index is 0.114. The van der Waals surface area contributed by atoms with Crippen LogP contribution in [-0.2, 0) is 16.1 Å². The van der Waals surface area contributed by atoms with Crippen molar-refractivity contribution in [1.82, 2.24) is 14.5 Å². The average Bonchev–Trinajstić information content (AvgIpc) is 3.25. The van der Waals surface area contributed by atoms with E-state index >= 15 is 0 Å². The SMILES string of the molecule is O=C(O)[C@@H]1CN(C(=O)Cn2c(=O)[nH]c3ccccc32)C[C@@H]1c1ccccc1. The highest BCUT2D eigenvalue weighted by Crippen LogP contribution is 2.33. The lowest BCUT2D eigenvalue weighted by Crippen LogP contribution is -2.35. The van der Waals surface area contributed by atoms with E-state index in [2.05, 4.69) is 4.98 Å². The normalized spacial score (nSPS) is 19.5. The van der Waals surface area contributed by atoms with Gasteiger partial charge in [-0.2, -0.15) is 0 Å². The van der Waals surface area contributed by atoms with E-state index in [9.17, 15) is 19.5 Å². The first kappa shape index (κ1) is 17.1. The maximum Gasteiger partial charge on any atom is 0.326 e. The number of aliphatic carboxylic acids is 1. The number of aromatic nitrogens is 2. The van der Waals surface area contributed by atoms with E-state index in [1.165, 1.54) is 4.57 Å². The van der Waals surface area contributed by atoms with E-state index in [4.69, 9.17) is 0 Å². The summed E-state index contributed by atoms with van der Waals surface area (Å²) in [5, 5.41) is 9.59. The second-order valence-electron chi connectivity index (χ2n) is 6.79. The zero-order valence-corrected chi connectivity index (χ0v) is 14.5. The van der Waals surface area contributed by atoms with Crippen LogP contribution in [0.15, 0.2) is 59.4 Å². The number of aromatic amines is 1. The van der Waals surface area contributed by atoms with E-state index in [0.29, 0.717) is 17.6 Å². The first-order valence-electron chi connectivity index (χ1n) is 8.77. The third-order valence-electron chi connectivity index (χ3n) is 5.19. The van der Waals surface area contributed by atoms with E-state index in [1.54, 1.807) is 23.1 Å². The number of hydrogen-bond donors (Lipinski definition) is 2. The molecule has 1 aromatic heterocycles. The van der Waals surface area contributed by atoms with Crippen LogP contribution in [0.25, 0.3) is 11.0 Å². The van der Waals surface area contributed by atoms with Crippen molar-refractivity contribution in [2.45, 2.75) is 12.5 Å². The van der Waals surface area contributed by atoms with Gasteiger partial charge in [0.2, 0.25) is 5.91 Å². The monoisotopic (exact) mass is 365 g/mol. The molecule has 0 spiro atoms. The maximum atomic E-state index is 12.8. The summed E-state index contributed by atoms with van der Waals surface area (Å²) < 4.78 is 1.39. The second-order valence-corrected chi connectivity index (χ2v) is 6.79. The van der Waals surface area contributed by atoms with Gasteiger partial charge in [-0.15, -0.1) is 0 Å². The molecule has 3 aromatic rings. The fourth-order valence-electron chi connectivity index (χ4n) is 3.79. The van der Waals surface area contributed by atoms with Crippen LogP contribution in [0.4, 0.5) is 0 Å². The number of nitrogens with one attached hydrogen (secondary N) is 1. The number of fused-ring (bicyclic) bond motifs is 1. The number of carbonyl (C=O) groups is 2. The topological polar surface area (TPSA) is 95.4 Å². The van der Waals surface area contributed by atoms with Crippen molar-refractivity contribution in [3.8, 4) is 0 Å². The van der Waals surface area contributed by atoms with Crippen LogP contribution in [0, 0.1) is 5.92 Å². The second kappa shape index (κ2) is 6.75. The molecule has 2 aromatic carbocycles. The van der Waals surface area contributed by atoms with Crippen molar-refractivity contribution in [2.24, 2.45) is 5.92 Å². The van der Waals surface area contributed by atoms with Gasteiger partial charge < -0.3 is 15.0 Å². The quantitative estimate of drug-likeness (QED) is 0.735. The summed E-state index contributed by atoms with van der Waals surface area (Å²) in [6.45, 7) is 0.360. The lowest BCUT2D eigenvalue weighted by atomic mass is 9.89. The van der Waals surface area contributed by atoms with Gasteiger partial charge in [-0.25, -0.2) is 4.79 Å². The number of hydrogen-bond acceptors (Lipinski definition) is 3. The van der Waals surface area contributed by atoms with E-state index in [1.807, 2.05) is 36.4 Å². The summed E-state index contributed by atoms with van der Waals surface area (Å²) in [6.07, 6.45) is 0. The average molecular weight is 365 g/mol. The Bertz CT molecular complexity index is 1050. The van der Waals surface area contributed by atoms with Gasteiger partial charge in [-0.1, -0.05) is 42.5 Å². The highest BCUT2D eigenvalue weighted by atomic mass is 16.4. The smallest absolute Gasteiger partial charge is 0.326 e. The van der Waals surface area contributed by atoms with E-state index in [-0.39, 0.29) is 30.6 Å². The zero-order valence-electron chi connectivity index (χ0n) is 14.5. The summed E-state index contributed by atoms with van der Waals surface area (Å²) in [7, 11) is 0. The number of H-pyrrole nitrogens is 1. The maximum absolute atomic E-state index is 12.8. The number of carboxylic acids is 1. The van der Waals surface area contributed by atoms with Gasteiger partial charge in [-0.3, -0.25) is 14.2 Å². The fourth-order valence-corrected chi connectivity index (χ4v) is 3.79. The Morgan fingerprint density at radius 1 is 1.04 bits per heavy atom. The molecule has 1 amide bonds. The third kappa shape index (κ3) is 3.12. The number of nitrogens with zero attached hydrogens (tertiary/aromatic N) is 2. The summed E-state index contributed by atoms with van der Waals surface area (Å²) in [4.78, 5) is 41.0. The number of amides is 1. The number of rotatable bonds is 4. The molecule has 2 atom stereocenters. The molecular formula is C20H19N3O4. The van der Waals surface area contributed by atoms with Crippen LogP contribution < -0.4 is 5.69 Å². The zero-order chi connectivity index (χ0) is 19.0. The summed E-state index contributed by atoms with van der Waals surface area (Å²) in [5.74, 6) is -2.08. The molecule has 138 valence electrons. The van der Waals surface area contributed by atoms with Gasteiger partial charge in [0.15, 0.2) is 0 Å². The molecule has 1 fully saturated rings. The first-order valence-corrected chi connectivity index (χ1v) is 8.77. The lowest BCUT2D eigenvalue weighted by Gasteiger charge is -2.17. The molecular weight excluding hydrogens is 346 g/mol.